The van der Waals surface area contributed by atoms with Crippen molar-refractivity contribution in [2.45, 2.75) is 77.6 Å². The molecular formula is C22H33Br. The maximum atomic E-state index is 3.53. The zero-order chi connectivity index (χ0) is 16.1. The van der Waals surface area contributed by atoms with E-state index >= 15 is 0 Å². The summed E-state index contributed by atoms with van der Waals surface area (Å²) in [5.41, 5.74) is 1.51. The Morgan fingerprint density at radius 1 is 0.783 bits per heavy atom. The molecule has 23 heavy (non-hydrogen) atoms. The molecule has 0 N–H and O–H groups in total. The number of aryl methyl sites for hydroxylation is 1. The molecule has 1 aromatic carbocycles. The molecule has 2 aliphatic carbocycles. The maximum Gasteiger partial charge on any atom is 0.0175 e. The van der Waals surface area contributed by atoms with E-state index in [0.717, 1.165) is 23.7 Å². The second-order valence-electron chi connectivity index (χ2n) is 8.14. The van der Waals surface area contributed by atoms with Crippen molar-refractivity contribution in [2.24, 2.45) is 23.7 Å². The summed E-state index contributed by atoms with van der Waals surface area (Å²) in [4.78, 5) is 0. The van der Waals surface area contributed by atoms with Gasteiger partial charge in [-0.2, -0.15) is 0 Å². The fourth-order valence-electron chi connectivity index (χ4n) is 5.04. The molecule has 1 heteroatoms. The molecule has 0 radical (unpaired) electrons. The smallest absolute Gasteiger partial charge is 0.0175 e. The first kappa shape index (κ1) is 17.5. The Hall–Kier alpha value is -0.300. The highest BCUT2D eigenvalue weighted by Crippen LogP contribution is 2.42. The van der Waals surface area contributed by atoms with Gasteiger partial charge in [0.15, 0.2) is 0 Å². The van der Waals surface area contributed by atoms with Gasteiger partial charge in [0.1, 0.15) is 0 Å². The Bertz CT molecular complexity index is 447. The van der Waals surface area contributed by atoms with E-state index in [1.807, 2.05) is 0 Å². The van der Waals surface area contributed by atoms with Crippen LogP contribution in [0.2, 0.25) is 0 Å². The molecule has 0 bridgehead atoms. The minimum atomic E-state index is 0.988. The van der Waals surface area contributed by atoms with Gasteiger partial charge in [-0.3, -0.25) is 0 Å². The lowest BCUT2D eigenvalue weighted by Gasteiger charge is -2.37. The number of rotatable bonds is 5. The molecule has 0 unspecified atom stereocenters. The summed E-state index contributed by atoms with van der Waals surface area (Å²) >= 11 is 3.53. The van der Waals surface area contributed by atoms with Crippen molar-refractivity contribution < 1.29 is 0 Å². The Labute approximate surface area is 151 Å². The summed E-state index contributed by atoms with van der Waals surface area (Å²) in [6, 6.07) is 8.92. The molecule has 0 spiro atoms. The molecule has 2 aliphatic rings. The van der Waals surface area contributed by atoms with Gasteiger partial charge in [-0.25, -0.2) is 0 Å². The van der Waals surface area contributed by atoms with Crippen LogP contribution in [0.1, 0.15) is 76.7 Å². The molecule has 0 heterocycles. The van der Waals surface area contributed by atoms with Crippen molar-refractivity contribution in [2.75, 3.05) is 0 Å². The van der Waals surface area contributed by atoms with Crippen LogP contribution in [0, 0.1) is 23.7 Å². The van der Waals surface area contributed by atoms with Crippen molar-refractivity contribution in [3.8, 4) is 0 Å². The summed E-state index contributed by atoms with van der Waals surface area (Å²) in [5.74, 6) is 4.18. The van der Waals surface area contributed by atoms with E-state index in [1.165, 1.54) is 80.7 Å². The molecule has 0 aromatic heterocycles. The Morgan fingerprint density at radius 2 is 1.30 bits per heavy atom. The van der Waals surface area contributed by atoms with Crippen LogP contribution in [0.5, 0.6) is 0 Å². The van der Waals surface area contributed by atoms with E-state index in [0.29, 0.717) is 0 Å². The van der Waals surface area contributed by atoms with Crippen molar-refractivity contribution in [3.05, 3.63) is 34.3 Å². The van der Waals surface area contributed by atoms with E-state index in [9.17, 15) is 0 Å². The molecule has 128 valence electrons. The van der Waals surface area contributed by atoms with Gasteiger partial charge in [0.05, 0.1) is 0 Å². The van der Waals surface area contributed by atoms with Crippen molar-refractivity contribution in [3.63, 3.8) is 0 Å². The third-order valence-electron chi connectivity index (χ3n) is 6.78. The monoisotopic (exact) mass is 376 g/mol. The number of halogens is 1. The Morgan fingerprint density at radius 3 is 1.83 bits per heavy atom. The van der Waals surface area contributed by atoms with Crippen LogP contribution in [-0.2, 0) is 6.42 Å². The maximum absolute atomic E-state index is 3.53. The predicted octanol–water partition coefficient (Wildman–Crippen LogP) is 7.40. The van der Waals surface area contributed by atoms with E-state index in [2.05, 4.69) is 47.1 Å². The van der Waals surface area contributed by atoms with Crippen molar-refractivity contribution >= 4 is 15.9 Å². The van der Waals surface area contributed by atoms with E-state index < -0.39 is 0 Å². The van der Waals surface area contributed by atoms with E-state index in [4.69, 9.17) is 0 Å². The highest BCUT2D eigenvalue weighted by atomic mass is 79.9. The zero-order valence-electron chi connectivity index (χ0n) is 14.8. The average molecular weight is 377 g/mol. The molecule has 2 saturated carbocycles. The lowest BCUT2D eigenvalue weighted by molar-refractivity contribution is 0.142. The second-order valence-corrected chi connectivity index (χ2v) is 9.05. The van der Waals surface area contributed by atoms with Crippen LogP contribution in [-0.4, -0.2) is 0 Å². The molecular weight excluding hydrogens is 344 g/mol. The van der Waals surface area contributed by atoms with Crippen LogP contribution >= 0.6 is 15.9 Å². The molecule has 0 atom stereocenters. The summed E-state index contributed by atoms with van der Waals surface area (Å²) in [6.07, 6.45) is 16.2. The van der Waals surface area contributed by atoms with Crippen LogP contribution < -0.4 is 0 Å². The summed E-state index contributed by atoms with van der Waals surface area (Å²) in [7, 11) is 0. The van der Waals surface area contributed by atoms with E-state index in [1.54, 1.807) is 0 Å². The molecule has 3 rings (SSSR count). The summed E-state index contributed by atoms with van der Waals surface area (Å²) in [6.45, 7) is 2.38. The topological polar surface area (TPSA) is 0 Å². The highest BCUT2D eigenvalue weighted by molar-refractivity contribution is 9.10. The average Bonchev–Trinajstić information content (AvgIpc) is 2.62. The minimum absolute atomic E-state index is 0.988. The lowest BCUT2D eigenvalue weighted by Crippen LogP contribution is -2.25. The molecule has 0 amide bonds. The van der Waals surface area contributed by atoms with Gasteiger partial charge >= 0.3 is 0 Å². The van der Waals surface area contributed by atoms with Crippen LogP contribution in [0.3, 0.4) is 0 Å². The van der Waals surface area contributed by atoms with Gasteiger partial charge in [-0.1, -0.05) is 67.1 Å². The third-order valence-corrected chi connectivity index (χ3v) is 7.31. The molecule has 0 aliphatic heterocycles. The predicted molar refractivity (Wildman–Crippen MR) is 104 cm³/mol. The standard InChI is InChI=1S/C22H33Br/c1-2-17-5-11-20(12-6-17)21-13-7-18(8-14-21)3-4-19-9-15-22(23)16-10-19/h9-10,15-18,20-21H,2-8,11-14H2,1H3/t17-,18-,20-,21-. The second kappa shape index (κ2) is 8.70. The van der Waals surface area contributed by atoms with Gasteiger partial charge in [-0.15, -0.1) is 0 Å². The van der Waals surface area contributed by atoms with Gasteiger partial charge in [0.25, 0.3) is 0 Å². The lowest BCUT2D eigenvalue weighted by atomic mass is 9.68. The first-order valence-electron chi connectivity index (χ1n) is 9.99. The van der Waals surface area contributed by atoms with Gasteiger partial charge < -0.3 is 0 Å². The minimum Gasteiger partial charge on any atom is -0.0651 e. The fraction of sp³-hybridized carbons (Fsp3) is 0.727. The SMILES string of the molecule is CC[C@H]1CC[C@H]([C@H]2CC[C@H](CCc3ccc(Br)cc3)CC2)CC1. The third kappa shape index (κ3) is 5.08. The molecule has 0 saturated heterocycles. The highest BCUT2D eigenvalue weighted by Gasteiger charge is 2.30. The normalized spacial score (nSPS) is 31.9. The zero-order valence-corrected chi connectivity index (χ0v) is 16.4. The van der Waals surface area contributed by atoms with Crippen LogP contribution in [0.25, 0.3) is 0 Å². The first-order chi connectivity index (χ1) is 11.2. The molecule has 0 nitrogen and oxygen atoms in total. The molecule has 2 fully saturated rings. The number of benzene rings is 1. The molecule has 1 aromatic rings. The fourth-order valence-corrected chi connectivity index (χ4v) is 5.30. The van der Waals surface area contributed by atoms with Crippen molar-refractivity contribution in [1.82, 2.24) is 0 Å². The summed E-state index contributed by atoms with van der Waals surface area (Å²) in [5, 5.41) is 0. The number of hydrogen-bond donors (Lipinski definition) is 0. The van der Waals surface area contributed by atoms with E-state index in [-0.39, 0.29) is 0 Å². The summed E-state index contributed by atoms with van der Waals surface area (Å²) < 4.78 is 1.19. The quantitative estimate of drug-likeness (QED) is 0.501. The largest absolute Gasteiger partial charge is 0.0651 e. The van der Waals surface area contributed by atoms with Gasteiger partial charge in [0, 0.05) is 4.47 Å². The van der Waals surface area contributed by atoms with Crippen LogP contribution in [0.15, 0.2) is 28.7 Å². The van der Waals surface area contributed by atoms with Crippen molar-refractivity contribution in [1.29, 1.82) is 0 Å². The Kier molecular flexibility index (Phi) is 6.62. The first-order valence-corrected chi connectivity index (χ1v) is 10.8. The van der Waals surface area contributed by atoms with Gasteiger partial charge in [-0.05, 0) is 79.9 Å². The number of hydrogen-bond acceptors (Lipinski definition) is 0. The Balaban J connectivity index is 1.38. The van der Waals surface area contributed by atoms with Gasteiger partial charge in [0.2, 0.25) is 0 Å². The van der Waals surface area contributed by atoms with Crippen LogP contribution in [0.4, 0.5) is 0 Å².